The van der Waals surface area contributed by atoms with Gasteiger partial charge in [-0.05, 0) is 6.07 Å². The quantitative estimate of drug-likeness (QED) is 0.661. The summed E-state index contributed by atoms with van der Waals surface area (Å²) < 4.78 is 13.4. The van der Waals surface area contributed by atoms with E-state index in [9.17, 15) is 4.39 Å². The summed E-state index contributed by atoms with van der Waals surface area (Å²) >= 11 is 11.4. The summed E-state index contributed by atoms with van der Waals surface area (Å²) in [6.45, 7) is 0. The second kappa shape index (κ2) is 3.65. The molecule has 2 aromatic rings. The first kappa shape index (κ1) is 10.2. The highest BCUT2D eigenvalue weighted by atomic mass is 35.5. The lowest BCUT2D eigenvalue weighted by molar-refractivity contribution is 0.630. The molecule has 5 heteroatoms. The van der Waals surface area contributed by atoms with Crippen LogP contribution in [0.1, 0.15) is 5.56 Å². The Morgan fingerprint density at radius 1 is 1.33 bits per heavy atom. The van der Waals surface area contributed by atoms with Crippen molar-refractivity contribution in [2.45, 2.75) is 0 Å². The molecule has 0 aliphatic rings. The van der Waals surface area contributed by atoms with E-state index in [1.54, 1.807) is 0 Å². The van der Waals surface area contributed by atoms with Gasteiger partial charge in [-0.15, -0.1) is 0 Å². The summed E-state index contributed by atoms with van der Waals surface area (Å²) in [7, 11) is 0. The van der Waals surface area contributed by atoms with Gasteiger partial charge < -0.3 is 0 Å². The summed E-state index contributed by atoms with van der Waals surface area (Å²) in [6, 6.07) is 3.30. The first-order valence-corrected chi connectivity index (χ1v) is 4.72. The van der Waals surface area contributed by atoms with E-state index in [2.05, 4.69) is 4.98 Å². The Hall–Kier alpha value is -1.37. The first-order valence-electron chi connectivity index (χ1n) is 3.96. The predicted molar refractivity (Wildman–Crippen MR) is 56.4 cm³/mol. The lowest BCUT2D eigenvalue weighted by atomic mass is 10.1. The van der Waals surface area contributed by atoms with Crippen LogP contribution >= 0.6 is 23.2 Å². The Kier molecular flexibility index (Phi) is 2.47. The molecule has 0 N–H and O–H groups in total. The third-order valence-corrected chi connectivity index (χ3v) is 2.63. The van der Waals surface area contributed by atoms with E-state index in [0.717, 1.165) is 0 Å². The van der Waals surface area contributed by atoms with Gasteiger partial charge in [0.2, 0.25) is 0 Å². The van der Waals surface area contributed by atoms with Crippen molar-refractivity contribution in [3.8, 4) is 6.07 Å². The Bertz CT molecular complexity index is 590. The lowest BCUT2D eigenvalue weighted by Crippen LogP contribution is -1.88. The Morgan fingerprint density at radius 3 is 2.73 bits per heavy atom. The van der Waals surface area contributed by atoms with Crippen LogP contribution in [0, 0.1) is 17.1 Å². The smallest absolute Gasteiger partial charge is 0.161 e. The topological polar surface area (TPSA) is 36.7 Å². The molecule has 1 aromatic carbocycles. The van der Waals surface area contributed by atoms with Crippen LogP contribution in [-0.2, 0) is 0 Å². The zero-order chi connectivity index (χ0) is 11.0. The van der Waals surface area contributed by atoms with Gasteiger partial charge in [-0.3, -0.25) is 4.98 Å². The third-order valence-electron chi connectivity index (χ3n) is 2.00. The molecule has 1 aromatic heterocycles. The fourth-order valence-electron chi connectivity index (χ4n) is 1.33. The molecule has 0 aliphatic carbocycles. The Balaban J connectivity index is 3.01. The van der Waals surface area contributed by atoms with Gasteiger partial charge in [0.05, 0.1) is 15.6 Å². The summed E-state index contributed by atoms with van der Waals surface area (Å²) in [4.78, 5) is 3.83. The average Bonchev–Trinajstić information content (AvgIpc) is 2.25. The Labute approximate surface area is 94.9 Å². The van der Waals surface area contributed by atoms with Crippen LogP contribution in [-0.4, -0.2) is 4.98 Å². The number of nitriles is 1. The van der Waals surface area contributed by atoms with Gasteiger partial charge in [-0.2, -0.15) is 5.26 Å². The zero-order valence-corrected chi connectivity index (χ0v) is 8.77. The number of hydrogen-bond acceptors (Lipinski definition) is 2. The van der Waals surface area contributed by atoms with Crippen molar-refractivity contribution >= 4 is 34.0 Å². The van der Waals surface area contributed by atoms with Gasteiger partial charge in [-0.25, -0.2) is 4.39 Å². The third kappa shape index (κ3) is 1.52. The van der Waals surface area contributed by atoms with E-state index in [-0.39, 0.29) is 15.6 Å². The second-order valence-electron chi connectivity index (χ2n) is 2.88. The SMILES string of the molecule is N#Cc1cncc2cc(Cl)c(F)c(Cl)c12. The number of fused-ring (bicyclic) bond motifs is 1. The molecule has 0 fully saturated rings. The van der Waals surface area contributed by atoms with E-state index in [1.165, 1.54) is 18.5 Å². The number of nitrogens with zero attached hydrogens (tertiary/aromatic N) is 2. The molecule has 0 spiro atoms. The van der Waals surface area contributed by atoms with Crippen LogP contribution in [0.15, 0.2) is 18.5 Å². The van der Waals surface area contributed by atoms with Crippen LogP contribution < -0.4 is 0 Å². The molecular weight excluding hydrogens is 238 g/mol. The largest absolute Gasteiger partial charge is 0.263 e. The molecule has 0 bridgehead atoms. The highest BCUT2D eigenvalue weighted by Gasteiger charge is 2.13. The van der Waals surface area contributed by atoms with Crippen LogP contribution in [0.25, 0.3) is 10.8 Å². The summed E-state index contributed by atoms with van der Waals surface area (Å²) in [5, 5.41) is 9.49. The maximum atomic E-state index is 13.4. The summed E-state index contributed by atoms with van der Waals surface area (Å²) in [5.41, 5.74) is 0.230. The van der Waals surface area contributed by atoms with Gasteiger partial charge in [0, 0.05) is 23.2 Å². The number of aromatic nitrogens is 1. The predicted octanol–water partition coefficient (Wildman–Crippen LogP) is 3.55. The first-order chi connectivity index (χ1) is 7.15. The Morgan fingerprint density at radius 2 is 2.07 bits per heavy atom. The molecule has 2 nitrogen and oxygen atoms in total. The fraction of sp³-hybridized carbons (Fsp3) is 0. The molecule has 0 radical (unpaired) electrons. The van der Waals surface area contributed by atoms with Crippen LogP contribution in [0.4, 0.5) is 4.39 Å². The zero-order valence-electron chi connectivity index (χ0n) is 7.26. The van der Waals surface area contributed by atoms with Crippen molar-refractivity contribution in [2.75, 3.05) is 0 Å². The van der Waals surface area contributed by atoms with Gasteiger partial charge in [0.15, 0.2) is 5.82 Å². The summed E-state index contributed by atoms with van der Waals surface area (Å²) in [6.07, 6.45) is 2.81. The van der Waals surface area contributed by atoms with E-state index in [1.807, 2.05) is 6.07 Å². The van der Waals surface area contributed by atoms with E-state index < -0.39 is 5.82 Å². The molecule has 0 atom stereocenters. The highest BCUT2D eigenvalue weighted by molar-refractivity contribution is 6.39. The number of rotatable bonds is 0. The number of pyridine rings is 1. The van der Waals surface area contributed by atoms with E-state index in [4.69, 9.17) is 28.5 Å². The summed E-state index contributed by atoms with van der Waals surface area (Å²) in [5.74, 6) is -0.714. The fourth-order valence-corrected chi connectivity index (χ4v) is 1.90. The van der Waals surface area contributed by atoms with Crippen molar-refractivity contribution in [2.24, 2.45) is 0 Å². The average molecular weight is 241 g/mol. The minimum atomic E-state index is -0.714. The van der Waals surface area contributed by atoms with Crippen LogP contribution in [0.3, 0.4) is 0 Å². The van der Waals surface area contributed by atoms with Gasteiger partial charge in [0.1, 0.15) is 6.07 Å². The normalized spacial score (nSPS) is 10.3. The highest BCUT2D eigenvalue weighted by Crippen LogP contribution is 2.32. The molecular formula is C10H3Cl2FN2. The molecule has 15 heavy (non-hydrogen) atoms. The van der Waals surface area contributed by atoms with E-state index in [0.29, 0.717) is 10.8 Å². The van der Waals surface area contributed by atoms with E-state index >= 15 is 0 Å². The molecule has 2 rings (SSSR count). The van der Waals surface area contributed by atoms with Gasteiger partial charge in [-0.1, -0.05) is 23.2 Å². The monoisotopic (exact) mass is 240 g/mol. The van der Waals surface area contributed by atoms with Crippen LogP contribution in [0.5, 0.6) is 0 Å². The minimum absolute atomic E-state index is 0.0793. The van der Waals surface area contributed by atoms with Gasteiger partial charge >= 0.3 is 0 Å². The number of hydrogen-bond donors (Lipinski definition) is 0. The molecule has 0 aliphatic heterocycles. The minimum Gasteiger partial charge on any atom is -0.263 e. The number of halogens is 3. The lowest BCUT2D eigenvalue weighted by Gasteiger charge is -2.04. The maximum absolute atomic E-state index is 13.4. The maximum Gasteiger partial charge on any atom is 0.161 e. The van der Waals surface area contributed by atoms with Gasteiger partial charge in [0.25, 0.3) is 0 Å². The molecule has 0 saturated carbocycles. The molecule has 1 heterocycles. The molecule has 0 unspecified atom stereocenters. The van der Waals surface area contributed by atoms with Crippen molar-refractivity contribution in [1.82, 2.24) is 4.98 Å². The van der Waals surface area contributed by atoms with Crippen molar-refractivity contribution in [1.29, 1.82) is 5.26 Å². The molecule has 74 valence electrons. The number of benzene rings is 1. The standard InChI is InChI=1S/C10H3Cl2FN2/c11-7-1-5-3-15-4-6(2-14)8(5)9(12)10(7)13/h1,3-4H. The molecule has 0 amide bonds. The van der Waals surface area contributed by atoms with Crippen molar-refractivity contribution in [3.05, 3.63) is 39.9 Å². The molecule has 0 saturated heterocycles. The van der Waals surface area contributed by atoms with Crippen molar-refractivity contribution in [3.63, 3.8) is 0 Å². The second-order valence-corrected chi connectivity index (χ2v) is 3.67. The van der Waals surface area contributed by atoms with Crippen molar-refractivity contribution < 1.29 is 4.39 Å². The van der Waals surface area contributed by atoms with Crippen LogP contribution in [0.2, 0.25) is 10.0 Å².